The third kappa shape index (κ3) is 5.39. The molecule has 1 saturated heterocycles. The molecule has 204 valence electrons. The topological polar surface area (TPSA) is 88.1 Å². The van der Waals surface area contributed by atoms with Crippen LogP contribution in [0.1, 0.15) is 75.8 Å². The molecule has 10 heteroatoms. The van der Waals surface area contributed by atoms with Crippen LogP contribution in [0.25, 0.3) is 11.2 Å². The molecule has 3 heterocycles. The molecule has 1 aliphatic heterocycles. The highest BCUT2D eigenvalue weighted by molar-refractivity contribution is 5.71. The molecule has 1 aromatic carbocycles. The molecule has 3 aromatic rings. The summed E-state index contributed by atoms with van der Waals surface area (Å²) in [5, 5.41) is 4.28. The van der Waals surface area contributed by atoms with Gasteiger partial charge in [0.1, 0.15) is 17.2 Å². The summed E-state index contributed by atoms with van der Waals surface area (Å²) in [6.07, 6.45) is 14.6. The van der Waals surface area contributed by atoms with Gasteiger partial charge in [-0.2, -0.15) is 4.98 Å². The minimum atomic E-state index is -0.452. The summed E-state index contributed by atoms with van der Waals surface area (Å²) in [6, 6.07) is 5.12. The standard InChI is InChI=1S/C28H38F2N8/c29-24-6-3-7-25(30)23(24)16-19-12-14-36(15-13-19)38(35-21-10-8-20(31)9-11-21)28-32-17-26-27(34-28)37(18-33-26)22-4-1-2-5-22/h3,6-7,17-22,35H,1-2,4-5,8-16,31H2. The first-order valence-corrected chi connectivity index (χ1v) is 14.2. The van der Waals surface area contributed by atoms with Crippen LogP contribution in [-0.2, 0) is 6.42 Å². The van der Waals surface area contributed by atoms with Crippen molar-refractivity contribution in [3.05, 3.63) is 47.9 Å². The molecule has 3 fully saturated rings. The first-order chi connectivity index (χ1) is 18.5. The van der Waals surface area contributed by atoms with Crippen LogP contribution >= 0.6 is 0 Å². The van der Waals surface area contributed by atoms with E-state index < -0.39 is 11.6 Å². The van der Waals surface area contributed by atoms with Crippen molar-refractivity contribution in [1.82, 2.24) is 30.0 Å². The van der Waals surface area contributed by atoms with Gasteiger partial charge in [0.15, 0.2) is 5.65 Å². The Kier molecular flexibility index (Phi) is 7.54. The van der Waals surface area contributed by atoms with E-state index in [9.17, 15) is 8.78 Å². The lowest BCUT2D eigenvalue weighted by atomic mass is 9.90. The van der Waals surface area contributed by atoms with E-state index in [1.165, 1.54) is 31.0 Å². The van der Waals surface area contributed by atoms with Crippen LogP contribution in [0.3, 0.4) is 0 Å². The smallest absolute Gasteiger partial charge is 0.257 e. The lowest BCUT2D eigenvalue weighted by Gasteiger charge is -2.42. The first kappa shape index (κ1) is 25.6. The number of nitrogens with two attached hydrogens (primary N) is 1. The predicted octanol–water partition coefficient (Wildman–Crippen LogP) is 4.67. The zero-order valence-corrected chi connectivity index (χ0v) is 21.9. The van der Waals surface area contributed by atoms with Crippen molar-refractivity contribution in [1.29, 1.82) is 0 Å². The normalized spacial score (nSPS) is 23.9. The third-order valence-corrected chi connectivity index (χ3v) is 8.72. The Morgan fingerprint density at radius 3 is 2.37 bits per heavy atom. The number of hydrogen-bond acceptors (Lipinski definition) is 7. The average molecular weight is 525 g/mol. The summed E-state index contributed by atoms with van der Waals surface area (Å²) in [4.78, 5) is 14.3. The maximum absolute atomic E-state index is 14.3. The molecule has 0 spiro atoms. The minimum absolute atomic E-state index is 0.202. The SMILES string of the molecule is NC1CCC(NN(c2ncc3ncn(C4CCCC4)c3n2)N2CCC(Cc3c(F)cccc3F)CC2)CC1. The number of rotatable bonds is 7. The second-order valence-electron chi connectivity index (χ2n) is 11.3. The van der Waals surface area contributed by atoms with E-state index in [1.807, 2.05) is 17.6 Å². The molecule has 0 radical (unpaired) electrons. The molecule has 2 aromatic heterocycles. The van der Waals surface area contributed by atoms with Crippen molar-refractivity contribution < 1.29 is 8.78 Å². The Balaban J connectivity index is 1.22. The Morgan fingerprint density at radius 1 is 0.947 bits per heavy atom. The van der Waals surface area contributed by atoms with Crippen molar-refractivity contribution >= 4 is 17.1 Å². The Bertz CT molecular complexity index is 1210. The molecule has 2 aliphatic carbocycles. The van der Waals surface area contributed by atoms with Crippen LogP contribution in [0, 0.1) is 17.6 Å². The molecule has 0 amide bonds. The van der Waals surface area contributed by atoms with E-state index in [0.717, 1.165) is 75.6 Å². The molecule has 6 rings (SSSR count). The van der Waals surface area contributed by atoms with Gasteiger partial charge in [-0.05, 0) is 75.8 Å². The van der Waals surface area contributed by atoms with E-state index in [2.05, 4.69) is 20.0 Å². The molecule has 2 saturated carbocycles. The first-order valence-electron chi connectivity index (χ1n) is 14.2. The summed E-state index contributed by atoms with van der Waals surface area (Å²) in [6.45, 7) is 1.51. The summed E-state index contributed by atoms with van der Waals surface area (Å²) in [7, 11) is 0. The van der Waals surface area contributed by atoms with Crippen molar-refractivity contribution in [3.8, 4) is 0 Å². The number of imidazole rings is 1. The van der Waals surface area contributed by atoms with E-state index in [4.69, 9.17) is 15.7 Å². The van der Waals surface area contributed by atoms with E-state index in [-0.39, 0.29) is 17.5 Å². The Hall–Kier alpha value is -2.69. The maximum Gasteiger partial charge on any atom is 0.257 e. The maximum atomic E-state index is 14.3. The fraction of sp³-hybridized carbons (Fsp3) is 0.607. The molecule has 0 atom stereocenters. The van der Waals surface area contributed by atoms with Gasteiger partial charge in [-0.1, -0.05) is 18.9 Å². The van der Waals surface area contributed by atoms with Crippen LogP contribution in [-0.4, -0.2) is 49.7 Å². The second-order valence-corrected chi connectivity index (χ2v) is 11.3. The number of nitrogens with zero attached hydrogens (tertiary/aromatic N) is 6. The number of anilines is 1. The van der Waals surface area contributed by atoms with Crippen molar-refractivity contribution in [2.45, 2.75) is 88.8 Å². The predicted molar refractivity (Wildman–Crippen MR) is 143 cm³/mol. The fourth-order valence-corrected chi connectivity index (χ4v) is 6.40. The number of hydrazine groups is 2. The zero-order chi connectivity index (χ0) is 26.1. The lowest BCUT2D eigenvalue weighted by molar-refractivity contribution is 0.132. The number of nitrogens with one attached hydrogen (secondary N) is 1. The van der Waals surface area contributed by atoms with Gasteiger partial charge in [-0.3, -0.25) is 0 Å². The highest BCUT2D eigenvalue weighted by atomic mass is 19.1. The van der Waals surface area contributed by atoms with Gasteiger partial charge < -0.3 is 10.3 Å². The van der Waals surface area contributed by atoms with Gasteiger partial charge in [0.25, 0.3) is 5.95 Å². The van der Waals surface area contributed by atoms with Crippen molar-refractivity contribution in [2.75, 3.05) is 18.2 Å². The average Bonchev–Trinajstić information content (AvgIpc) is 3.61. The fourth-order valence-electron chi connectivity index (χ4n) is 6.40. The highest BCUT2D eigenvalue weighted by Gasteiger charge is 2.30. The molecule has 0 bridgehead atoms. The summed E-state index contributed by atoms with van der Waals surface area (Å²) < 4.78 is 30.8. The largest absolute Gasteiger partial charge is 0.328 e. The number of piperidine rings is 1. The molecule has 8 nitrogen and oxygen atoms in total. The van der Waals surface area contributed by atoms with Gasteiger partial charge in [-0.25, -0.2) is 34.3 Å². The van der Waals surface area contributed by atoms with E-state index >= 15 is 0 Å². The molecule has 3 N–H and O–H groups in total. The summed E-state index contributed by atoms with van der Waals surface area (Å²) in [5.41, 5.74) is 11.8. The summed E-state index contributed by atoms with van der Waals surface area (Å²) >= 11 is 0. The summed E-state index contributed by atoms with van der Waals surface area (Å²) in [5.74, 6) is -0.0660. The van der Waals surface area contributed by atoms with Crippen LogP contribution < -0.4 is 16.3 Å². The highest BCUT2D eigenvalue weighted by Crippen LogP contribution is 2.32. The Labute approximate surface area is 222 Å². The van der Waals surface area contributed by atoms with Crippen molar-refractivity contribution in [3.63, 3.8) is 0 Å². The van der Waals surface area contributed by atoms with Gasteiger partial charge in [-0.15, -0.1) is 0 Å². The number of fused-ring (bicyclic) bond motifs is 1. The van der Waals surface area contributed by atoms with E-state index in [1.54, 1.807) is 0 Å². The van der Waals surface area contributed by atoms with Crippen molar-refractivity contribution in [2.24, 2.45) is 11.7 Å². The molecular weight excluding hydrogens is 486 g/mol. The number of hydrogen-bond donors (Lipinski definition) is 2. The van der Waals surface area contributed by atoms with E-state index in [0.29, 0.717) is 24.5 Å². The number of halogens is 2. The molecule has 3 aliphatic rings. The van der Waals surface area contributed by atoms with Crippen LogP contribution in [0.4, 0.5) is 14.7 Å². The zero-order valence-electron chi connectivity index (χ0n) is 21.9. The van der Waals surface area contributed by atoms with Gasteiger partial charge in [0.05, 0.1) is 12.5 Å². The number of aromatic nitrogens is 4. The molecular formula is C28H38F2N8. The monoisotopic (exact) mass is 524 g/mol. The molecule has 38 heavy (non-hydrogen) atoms. The van der Waals surface area contributed by atoms with Gasteiger partial charge >= 0.3 is 0 Å². The molecule has 0 unspecified atom stereocenters. The van der Waals surface area contributed by atoms with Crippen LogP contribution in [0.15, 0.2) is 30.7 Å². The Morgan fingerprint density at radius 2 is 1.66 bits per heavy atom. The number of benzene rings is 1. The quantitative estimate of drug-likeness (QED) is 0.434. The van der Waals surface area contributed by atoms with Gasteiger partial charge in [0, 0.05) is 36.8 Å². The van der Waals surface area contributed by atoms with Crippen LogP contribution in [0.5, 0.6) is 0 Å². The third-order valence-electron chi connectivity index (χ3n) is 8.72. The van der Waals surface area contributed by atoms with Gasteiger partial charge in [0.2, 0.25) is 0 Å². The second kappa shape index (κ2) is 11.2. The van der Waals surface area contributed by atoms with Crippen LogP contribution in [0.2, 0.25) is 0 Å². The lowest BCUT2D eigenvalue weighted by Crippen LogP contribution is -2.58. The minimum Gasteiger partial charge on any atom is -0.328 e.